The molecule has 1 aromatic rings. The van der Waals surface area contributed by atoms with Crippen LogP contribution in [-0.4, -0.2) is 29.3 Å². The van der Waals surface area contributed by atoms with Gasteiger partial charge in [-0.25, -0.2) is 0 Å². The fourth-order valence-electron chi connectivity index (χ4n) is 1.51. The van der Waals surface area contributed by atoms with Crippen molar-refractivity contribution >= 4 is 5.78 Å². The van der Waals surface area contributed by atoms with Gasteiger partial charge in [-0.05, 0) is 25.1 Å². The van der Waals surface area contributed by atoms with E-state index < -0.39 is 0 Å². The maximum Gasteiger partial charge on any atom is 0.149 e. The predicted octanol–water partition coefficient (Wildman–Crippen LogP) is 2.13. The molecule has 0 saturated carbocycles. The molecule has 1 heterocycles. The summed E-state index contributed by atoms with van der Waals surface area (Å²) in [6.07, 6.45) is 4.51. The average Bonchev–Trinajstić information content (AvgIpc) is 2.29. The molecular formula is C13H20N2O. The van der Waals surface area contributed by atoms with Gasteiger partial charge in [0.2, 0.25) is 0 Å². The number of carbonyl (C=O) groups excluding carboxylic acids is 1. The van der Waals surface area contributed by atoms with Gasteiger partial charge in [-0.3, -0.25) is 14.7 Å². The van der Waals surface area contributed by atoms with Crippen molar-refractivity contribution in [2.24, 2.45) is 5.92 Å². The van der Waals surface area contributed by atoms with Crippen LogP contribution in [-0.2, 0) is 11.3 Å². The van der Waals surface area contributed by atoms with Gasteiger partial charge in [-0.2, -0.15) is 0 Å². The van der Waals surface area contributed by atoms with Gasteiger partial charge in [0.25, 0.3) is 0 Å². The predicted molar refractivity (Wildman–Crippen MR) is 65.0 cm³/mol. The number of pyridine rings is 1. The van der Waals surface area contributed by atoms with E-state index in [1.54, 1.807) is 6.20 Å². The fraction of sp³-hybridized carbons (Fsp3) is 0.538. The van der Waals surface area contributed by atoms with Gasteiger partial charge in [0, 0.05) is 24.9 Å². The van der Waals surface area contributed by atoms with Crippen molar-refractivity contribution in [1.82, 2.24) is 9.88 Å². The second-order valence-corrected chi connectivity index (χ2v) is 4.31. The SMILES string of the molecule is CCC(C)C(=O)CN(C)Cc1cccnc1. The third-order valence-corrected chi connectivity index (χ3v) is 2.76. The first-order valence-corrected chi connectivity index (χ1v) is 5.73. The maximum atomic E-state index is 11.7. The summed E-state index contributed by atoms with van der Waals surface area (Å²) in [7, 11) is 1.97. The Bertz CT molecular complexity index is 324. The standard InChI is InChI=1S/C13H20N2O/c1-4-11(2)13(16)10-15(3)9-12-6-5-7-14-8-12/h5-8,11H,4,9-10H2,1-3H3. The molecule has 16 heavy (non-hydrogen) atoms. The molecule has 0 aliphatic heterocycles. The Morgan fingerprint density at radius 2 is 2.31 bits per heavy atom. The van der Waals surface area contributed by atoms with Crippen molar-refractivity contribution < 1.29 is 4.79 Å². The molecule has 0 fully saturated rings. The number of carbonyl (C=O) groups is 1. The van der Waals surface area contributed by atoms with Gasteiger partial charge in [-0.15, -0.1) is 0 Å². The van der Waals surface area contributed by atoms with Gasteiger partial charge in [-0.1, -0.05) is 19.9 Å². The molecule has 1 atom stereocenters. The van der Waals surface area contributed by atoms with E-state index in [4.69, 9.17) is 0 Å². The second-order valence-electron chi connectivity index (χ2n) is 4.31. The minimum Gasteiger partial charge on any atom is -0.298 e. The number of likely N-dealkylation sites (N-methyl/N-ethyl adjacent to an activating group) is 1. The van der Waals surface area contributed by atoms with Crippen LogP contribution in [0, 0.1) is 5.92 Å². The van der Waals surface area contributed by atoms with Gasteiger partial charge in [0.05, 0.1) is 6.54 Å². The van der Waals surface area contributed by atoms with Gasteiger partial charge < -0.3 is 0 Å². The highest BCUT2D eigenvalue weighted by Gasteiger charge is 2.12. The van der Waals surface area contributed by atoms with Crippen LogP contribution in [0.2, 0.25) is 0 Å². The first-order chi connectivity index (χ1) is 7.63. The first-order valence-electron chi connectivity index (χ1n) is 5.73. The lowest BCUT2D eigenvalue weighted by Crippen LogP contribution is -2.28. The van der Waals surface area contributed by atoms with Crippen molar-refractivity contribution in [2.75, 3.05) is 13.6 Å². The number of hydrogen-bond acceptors (Lipinski definition) is 3. The first kappa shape index (κ1) is 12.8. The summed E-state index contributed by atoms with van der Waals surface area (Å²) in [5, 5.41) is 0. The molecule has 0 bridgehead atoms. The third-order valence-electron chi connectivity index (χ3n) is 2.76. The molecule has 1 unspecified atom stereocenters. The molecule has 0 aliphatic rings. The minimum absolute atomic E-state index is 0.163. The molecule has 3 heteroatoms. The topological polar surface area (TPSA) is 33.2 Å². The molecule has 0 saturated heterocycles. The molecule has 0 aliphatic carbocycles. The van der Waals surface area contributed by atoms with E-state index in [1.807, 2.05) is 44.1 Å². The smallest absolute Gasteiger partial charge is 0.149 e. The molecule has 3 nitrogen and oxygen atoms in total. The summed E-state index contributed by atoms with van der Waals surface area (Å²) in [5.41, 5.74) is 1.14. The van der Waals surface area contributed by atoms with E-state index in [1.165, 1.54) is 0 Å². The van der Waals surface area contributed by atoms with E-state index in [0.29, 0.717) is 12.3 Å². The second kappa shape index (κ2) is 6.38. The van der Waals surface area contributed by atoms with E-state index in [-0.39, 0.29) is 5.92 Å². The van der Waals surface area contributed by atoms with Crippen LogP contribution >= 0.6 is 0 Å². The van der Waals surface area contributed by atoms with E-state index in [9.17, 15) is 4.79 Å². The van der Waals surface area contributed by atoms with Crippen molar-refractivity contribution in [2.45, 2.75) is 26.8 Å². The number of ketones is 1. The van der Waals surface area contributed by atoms with Crippen LogP contribution in [0.4, 0.5) is 0 Å². The summed E-state index contributed by atoms with van der Waals surface area (Å²) in [6.45, 7) is 5.32. The van der Waals surface area contributed by atoms with Crippen LogP contribution < -0.4 is 0 Å². The zero-order valence-corrected chi connectivity index (χ0v) is 10.3. The van der Waals surface area contributed by atoms with Crippen LogP contribution in [0.1, 0.15) is 25.8 Å². The zero-order valence-electron chi connectivity index (χ0n) is 10.3. The molecule has 0 radical (unpaired) electrons. The van der Waals surface area contributed by atoms with Crippen molar-refractivity contribution in [1.29, 1.82) is 0 Å². The van der Waals surface area contributed by atoms with E-state index in [0.717, 1.165) is 18.5 Å². The Hall–Kier alpha value is -1.22. The summed E-state index contributed by atoms with van der Waals surface area (Å²) >= 11 is 0. The van der Waals surface area contributed by atoms with Crippen LogP contribution in [0.3, 0.4) is 0 Å². The zero-order chi connectivity index (χ0) is 12.0. The van der Waals surface area contributed by atoms with Gasteiger partial charge >= 0.3 is 0 Å². The fourth-order valence-corrected chi connectivity index (χ4v) is 1.51. The Labute approximate surface area is 97.5 Å². The summed E-state index contributed by atoms with van der Waals surface area (Å²) in [5.74, 6) is 0.477. The molecule has 0 amide bonds. The van der Waals surface area contributed by atoms with Crippen LogP contribution in [0.5, 0.6) is 0 Å². The normalized spacial score (nSPS) is 12.8. The number of hydrogen-bond donors (Lipinski definition) is 0. The quantitative estimate of drug-likeness (QED) is 0.736. The molecule has 1 aromatic heterocycles. The lowest BCUT2D eigenvalue weighted by molar-refractivity contribution is -0.123. The molecular weight excluding hydrogens is 200 g/mol. The number of nitrogens with zero attached hydrogens (tertiary/aromatic N) is 2. The minimum atomic E-state index is 0.163. The summed E-state index contributed by atoms with van der Waals surface area (Å²) in [4.78, 5) is 17.8. The van der Waals surface area contributed by atoms with Crippen LogP contribution in [0.25, 0.3) is 0 Å². The van der Waals surface area contributed by atoms with Crippen LogP contribution in [0.15, 0.2) is 24.5 Å². The highest BCUT2D eigenvalue weighted by molar-refractivity contribution is 5.82. The number of aromatic nitrogens is 1. The maximum absolute atomic E-state index is 11.7. The Kier molecular flexibility index (Phi) is 5.12. The molecule has 88 valence electrons. The lowest BCUT2D eigenvalue weighted by Gasteiger charge is -2.17. The van der Waals surface area contributed by atoms with Gasteiger partial charge in [0.1, 0.15) is 5.78 Å². The summed E-state index contributed by atoms with van der Waals surface area (Å²) in [6, 6.07) is 3.94. The van der Waals surface area contributed by atoms with Crippen molar-refractivity contribution in [3.05, 3.63) is 30.1 Å². The third kappa shape index (κ3) is 4.11. The van der Waals surface area contributed by atoms with E-state index >= 15 is 0 Å². The van der Waals surface area contributed by atoms with Crippen molar-refractivity contribution in [3.8, 4) is 0 Å². The van der Waals surface area contributed by atoms with Crippen molar-refractivity contribution in [3.63, 3.8) is 0 Å². The highest BCUT2D eigenvalue weighted by atomic mass is 16.1. The molecule has 1 rings (SSSR count). The van der Waals surface area contributed by atoms with E-state index in [2.05, 4.69) is 4.98 Å². The Morgan fingerprint density at radius 1 is 1.56 bits per heavy atom. The lowest BCUT2D eigenvalue weighted by atomic mass is 10.0. The Balaban J connectivity index is 2.42. The average molecular weight is 220 g/mol. The number of Topliss-reactive ketones (excluding diaryl/α,β-unsaturated/α-hetero) is 1. The van der Waals surface area contributed by atoms with Gasteiger partial charge in [0.15, 0.2) is 0 Å². The highest BCUT2D eigenvalue weighted by Crippen LogP contribution is 2.05. The summed E-state index contributed by atoms with van der Waals surface area (Å²) < 4.78 is 0. The Morgan fingerprint density at radius 3 is 2.88 bits per heavy atom. The largest absolute Gasteiger partial charge is 0.298 e. The molecule has 0 aromatic carbocycles. The monoisotopic (exact) mass is 220 g/mol. The number of rotatable bonds is 6. The molecule has 0 spiro atoms. The molecule has 0 N–H and O–H groups in total.